The second-order valence-electron chi connectivity index (χ2n) is 7.30. The number of thiocarbonyl (C=S) groups is 1. The Balaban J connectivity index is 1.46. The molecule has 0 unspecified atom stereocenters. The molecule has 8 heteroatoms. The number of halogens is 1. The lowest BCUT2D eigenvalue weighted by atomic mass is 10.1. The number of carbonyl (C=O) groups is 2. The van der Waals surface area contributed by atoms with Gasteiger partial charge in [-0.15, -0.1) is 0 Å². The first-order valence-corrected chi connectivity index (χ1v) is 12.1. The lowest BCUT2D eigenvalue weighted by Gasteiger charge is -2.22. The fourth-order valence-corrected chi connectivity index (χ4v) is 4.80. The molecule has 0 atom stereocenters. The Hall–Kier alpha value is -2.19. The van der Waals surface area contributed by atoms with E-state index in [1.54, 1.807) is 21.9 Å². The average molecular weight is 489 g/mol. The summed E-state index contributed by atoms with van der Waals surface area (Å²) in [5.41, 5.74) is 1.69. The number of carbonyl (C=O) groups excluding carboxylic acids is 2. The monoisotopic (exact) mass is 488 g/mol. The molecule has 1 saturated heterocycles. The molecule has 0 saturated carbocycles. The number of para-hydroxylation sites is 1. The largest absolute Gasteiger partial charge is 0.395 e. The molecule has 5 nitrogen and oxygen atoms in total. The van der Waals surface area contributed by atoms with Gasteiger partial charge >= 0.3 is 0 Å². The number of thioether (sulfide) groups is 1. The van der Waals surface area contributed by atoms with E-state index in [2.05, 4.69) is 0 Å². The Kier molecular flexibility index (Phi) is 9.29. The summed E-state index contributed by atoms with van der Waals surface area (Å²) in [5, 5.41) is 9.95. The first-order chi connectivity index (χ1) is 15.5. The van der Waals surface area contributed by atoms with Crippen LogP contribution in [0.4, 0.5) is 5.69 Å². The number of anilines is 1. The number of rotatable bonds is 10. The zero-order chi connectivity index (χ0) is 22.9. The number of unbranched alkanes of at least 4 members (excludes halogenated alkanes) is 2. The van der Waals surface area contributed by atoms with Crippen LogP contribution in [-0.4, -0.2) is 45.8 Å². The van der Waals surface area contributed by atoms with E-state index in [4.69, 9.17) is 23.8 Å². The van der Waals surface area contributed by atoms with Gasteiger partial charge in [0.2, 0.25) is 5.91 Å². The highest BCUT2D eigenvalue weighted by atomic mass is 35.5. The van der Waals surface area contributed by atoms with Crippen molar-refractivity contribution in [2.45, 2.75) is 25.7 Å². The number of amides is 2. The fraction of sp³-hybridized carbons (Fsp3) is 0.292. The van der Waals surface area contributed by atoms with Crippen LogP contribution in [0, 0.1) is 0 Å². The van der Waals surface area contributed by atoms with Crippen LogP contribution in [0.25, 0.3) is 6.08 Å². The normalized spacial score (nSPS) is 14.9. The van der Waals surface area contributed by atoms with Gasteiger partial charge in [-0.05, 0) is 48.7 Å². The maximum Gasteiger partial charge on any atom is 0.266 e. The summed E-state index contributed by atoms with van der Waals surface area (Å²) in [6.07, 6.45) is 4.50. The van der Waals surface area contributed by atoms with Crippen LogP contribution in [0.15, 0.2) is 59.5 Å². The SMILES string of the molecule is O=C1/C(=C/c2ccc(Cl)cc2)SC(=S)N1CCCCCC(=O)N(CCO)c1ccccc1. The van der Waals surface area contributed by atoms with Gasteiger partial charge in [0.05, 0.1) is 11.5 Å². The van der Waals surface area contributed by atoms with Gasteiger partial charge in [-0.2, -0.15) is 0 Å². The highest BCUT2D eigenvalue weighted by Crippen LogP contribution is 2.33. The number of aliphatic hydroxyl groups excluding tert-OH is 1. The molecular weight excluding hydrogens is 464 g/mol. The third kappa shape index (κ3) is 6.65. The molecule has 0 bridgehead atoms. The lowest BCUT2D eigenvalue weighted by molar-refractivity contribution is -0.122. The van der Waals surface area contributed by atoms with Gasteiger partial charge in [0, 0.05) is 30.2 Å². The second kappa shape index (κ2) is 12.2. The highest BCUT2D eigenvalue weighted by Gasteiger charge is 2.31. The van der Waals surface area contributed by atoms with Crippen LogP contribution >= 0.6 is 35.6 Å². The van der Waals surface area contributed by atoms with E-state index >= 15 is 0 Å². The maximum absolute atomic E-state index is 12.7. The van der Waals surface area contributed by atoms with Crippen LogP contribution in [0.5, 0.6) is 0 Å². The van der Waals surface area contributed by atoms with Crippen molar-refractivity contribution in [1.29, 1.82) is 0 Å². The van der Waals surface area contributed by atoms with Crippen LogP contribution in [0.2, 0.25) is 5.02 Å². The topological polar surface area (TPSA) is 60.9 Å². The van der Waals surface area contributed by atoms with Crippen LogP contribution < -0.4 is 4.90 Å². The minimum absolute atomic E-state index is 0.0123. The van der Waals surface area contributed by atoms with Gasteiger partial charge in [-0.3, -0.25) is 14.5 Å². The fourth-order valence-electron chi connectivity index (χ4n) is 3.37. The molecule has 3 rings (SSSR count). The van der Waals surface area contributed by atoms with Gasteiger partial charge in [-0.25, -0.2) is 0 Å². The summed E-state index contributed by atoms with van der Waals surface area (Å²) in [4.78, 5) is 29.2. The van der Waals surface area contributed by atoms with Crippen molar-refractivity contribution in [2.24, 2.45) is 0 Å². The molecule has 0 radical (unpaired) electrons. The second-order valence-corrected chi connectivity index (χ2v) is 9.41. The van der Waals surface area contributed by atoms with Crippen LogP contribution in [0.3, 0.4) is 0 Å². The Morgan fingerprint density at radius 3 is 2.50 bits per heavy atom. The Morgan fingerprint density at radius 2 is 1.81 bits per heavy atom. The summed E-state index contributed by atoms with van der Waals surface area (Å²) < 4.78 is 0.560. The van der Waals surface area contributed by atoms with Gasteiger partial charge < -0.3 is 10.0 Å². The third-order valence-electron chi connectivity index (χ3n) is 5.01. The molecule has 168 valence electrons. The molecular formula is C24H25ClN2O3S2. The van der Waals surface area contributed by atoms with Crippen molar-refractivity contribution in [3.8, 4) is 0 Å². The molecule has 1 N–H and O–H groups in total. The summed E-state index contributed by atoms with van der Waals surface area (Å²) >= 11 is 12.6. The Labute approximate surface area is 203 Å². The number of hydrogen-bond acceptors (Lipinski definition) is 5. The number of benzene rings is 2. The lowest BCUT2D eigenvalue weighted by Crippen LogP contribution is -2.33. The van der Waals surface area contributed by atoms with E-state index in [9.17, 15) is 14.7 Å². The van der Waals surface area contributed by atoms with Gasteiger partial charge in [0.1, 0.15) is 4.32 Å². The van der Waals surface area contributed by atoms with Gasteiger partial charge in [-0.1, -0.05) is 72.3 Å². The van der Waals surface area contributed by atoms with E-state index in [0.29, 0.717) is 33.6 Å². The molecule has 0 spiro atoms. The molecule has 0 aliphatic carbocycles. The zero-order valence-electron chi connectivity index (χ0n) is 17.6. The minimum Gasteiger partial charge on any atom is -0.395 e. The third-order valence-corrected chi connectivity index (χ3v) is 6.64. The predicted octanol–water partition coefficient (Wildman–Crippen LogP) is 5.13. The van der Waals surface area contributed by atoms with Crippen molar-refractivity contribution in [3.05, 3.63) is 70.1 Å². The molecule has 2 aromatic carbocycles. The van der Waals surface area contributed by atoms with Gasteiger partial charge in [0.15, 0.2) is 0 Å². The average Bonchev–Trinajstić information content (AvgIpc) is 3.06. The molecule has 32 heavy (non-hydrogen) atoms. The van der Waals surface area contributed by atoms with E-state index < -0.39 is 0 Å². The summed E-state index contributed by atoms with van der Waals surface area (Å²) in [6, 6.07) is 16.7. The Bertz CT molecular complexity index is 980. The molecule has 1 aliphatic heterocycles. The molecule has 1 aliphatic rings. The van der Waals surface area contributed by atoms with Crippen molar-refractivity contribution in [1.82, 2.24) is 4.90 Å². The molecule has 0 aromatic heterocycles. The van der Waals surface area contributed by atoms with E-state index in [1.807, 2.05) is 48.5 Å². The van der Waals surface area contributed by atoms with E-state index in [0.717, 1.165) is 24.1 Å². The number of hydrogen-bond donors (Lipinski definition) is 1. The minimum atomic E-state index is -0.0846. The molecule has 1 heterocycles. The number of aliphatic hydroxyl groups is 1. The van der Waals surface area contributed by atoms with E-state index in [1.165, 1.54) is 11.8 Å². The summed E-state index contributed by atoms with van der Waals surface area (Å²) in [5.74, 6) is -0.0917. The highest BCUT2D eigenvalue weighted by molar-refractivity contribution is 8.26. The smallest absolute Gasteiger partial charge is 0.266 e. The zero-order valence-corrected chi connectivity index (χ0v) is 20.0. The van der Waals surface area contributed by atoms with Gasteiger partial charge in [0.25, 0.3) is 5.91 Å². The molecule has 1 fully saturated rings. The maximum atomic E-state index is 12.7. The molecule has 2 aromatic rings. The number of nitrogens with zero attached hydrogens (tertiary/aromatic N) is 2. The van der Waals surface area contributed by atoms with Crippen molar-refractivity contribution >= 4 is 63.5 Å². The quantitative estimate of drug-likeness (QED) is 0.285. The summed E-state index contributed by atoms with van der Waals surface area (Å²) in [7, 11) is 0. The van der Waals surface area contributed by atoms with E-state index in [-0.39, 0.29) is 25.0 Å². The van der Waals surface area contributed by atoms with Crippen molar-refractivity contribution in [2.75, 3.05) is 24.6 Å². The van der Waals surface area contributed by atoms with Crippen molar-refractivity contribution < 1.29 is 14.7 Å². The van der Waals surface area contributed by atoms with Crippen LogP contribution in [0.1, 0.15) is 31.2 Å². The Morgan fingerprint density at radius 1 is 1.09 bits per heavy atom. The van der Waals surface area contributed by atoms with Crippen molar-refractivity contribution in [3.63, 3.8) is 0 Å². The first kappa shape index (κ1) is 24.5. The van der Waals surface area contributed by atoms with Crippen LogP contribution in [-0.2, 0) is 9.59 Å². The molecule has 2 amide bonds. The first-order valence-electron chi connectivity index (χ1n) is 10.5. The predicted molar refractivity (Wildman–Crippen MR) is 136 cm³/mol. The summed E-state index contributed by atoms with van der Waals surface area (Å²) in [6.45, 7) is 0.730. The standard InChI is InChI=1S/C24H25ClN2O3S2/c25-19-12-10-18(11-13-19)17-21-23(30)27(24(31)32-21)14-6-2-5-9-22(29)26(15-16-28)20-7-3-1-4-8-20/h1,3-4,7-8,10-13,17,28H,2,5-6,9,14-16H2/b21-17-.